The van der Waals surface area contributed by atoms with Crippen molar-refractivity contribution in [3.05, 3.63) is 71.2 Å². The summed E-state index contributed by atoms with van der Waals surface area (Å²) in [7, 11) is 1.29. The summed E-state index contributed by atoms with van der Waals surface area (Å²) < 4.78 is 24.7. The van der Waals surface area contributed by atoms with E-state index in [-0.39, 0.29) is 5.57 Å². The first-order valence-corrected chi connectivity index (χ1v) is 11.3. The van der Waals surface area contributed by atoms with Gasteiger partial charge in [-0.25, -0.2) is 14.0 Å². The number of methoxy groups -OCH3 is 1. The number of ether oxygens (including phenoxy) is 2. The number of halogens is 1. The molecule has 180 valence electrons. The largest absolute Gasteiger partial charge is 0.492 e. The van der Waals surface area contributed by atoms with Gasteiger partial charge in [-0.3, -0.25) is 4.90 Å². The molecule has 34 heavy (non-hydrogen) atoms. The van der Waals surface area contributed by atoms with Crippen LogP contribution in [0.3, 0.4) is 0 Å². The molecule has 4 rings (SSSR count). The van der Waals surface area contributed by atoms with Gasteiger partial charge >= 0.3 is 12.0 Å². The number of amides is 2. The zero-order valence-corrected chi connectivity index (χ0v) is 19.3. The Morgan fingerprint density at radius 2 is 1.88 bits per heavy atom. The maximum Gasteiger partial charge on any atom is 0.338 e. The van der Waals surface area contributed by atoms with Crippen LogP contribution in [0, 0.1) is 5.82 Å². The minimum atomic E-state index is -0.800. The molecular weight excluding hydrogens is 439 g/mol. The number of nitrogens with one attached hydrogen (secondary N) is 2. The Labute approximate surface area is 198 Å². The Morgan fingerprint density at radius 1 is 1.12 bits per heavy atom. The molecule has 2 heterocycles. The number of nitrogens with zero attached hydrogens (tertiary/aromatic N) is 2. The molecule has 0 radical (unpaired) electrons. The maximum absolute atomic E-state index is 13.9. The molecule has 1 atom stereocenters. The van der Waals surface area contributed by atoms with E-state index >= 15 is 0 Å². The van der Waals surface area contributed by atoms with E-state index in [1.165, 1.54) is 19.2 Å². The van der Waals surface area contributed by atoms with E-state index in [1.54, 1.807) is 12.1 Å². The van der Waals surface area contributed by atoms with Crippen molar-refractivity contribution in [3.63, 3.8) is 0 Å². The Morgan fingerprint density at radius 3 is 2.59 bits per heavy atom. The first-order chi connectivity index (χ1) is 16.5. The molecule has 8 nitrogen and oxygen atoms in total. The lowest BCUT2D eigenvalue weighted by Gasteiger charge is -2.38. The van der Waals surface area contributed by atoms with Gasteiger partial charge in [0.15, 0.2) is 0 Å². The Bertz CT molecular complexity index is 1080. The van der Waals surface area contributed by atoms with Crippen LogP contribution in [0.4, 0.5) is 14.9 Å². The molecule has 9 heteroatoms. The minimum Gasteiger partial charge on any atom is -0.492 e. The molecule has 0 bridgehead atoms. The monoisotopic (exact) mass is 468 g/mol. The number of piperazine rings is 1. The third-order valence-electron chi connectivity index (χ3n) is 6.00. The van der Waals surface area contributed by atoms with Gasteiger partial charge in [0.05, 0.1) is 31.0 Å². The van der Waals surface area contributed by atoms with E-state index in [9.17, 15) is 14.0 Å². The number of hydrogen-bond acceptors (Lipinski definition) is 6. The molecule has 0 saturated carbocycles. The van der Waals surface area contributed by atoms with Gasteiger partial charge in [0.1, 0.15) is 11.6 Å². The van der Waals surface area contributed by atoms with Crippen LogP contribution in [0.5, 0.6) is 5.75 Å². The molecule has 2 aromatic rings. The van der Waals surface area contributed by atoms with E-state index in [2.05, 4.69) is 26.5 Å². The number of hydrogen-bond donors (Lipinski definition) is 2. The number of anilines is 1. The summed E-state index contributed by atoms with van der Waals surface area (Å²) >= 11 is 0. The van der Waals surface area contributed by atoms with E-state index in [0.29, 0.717) is 24.4 Å². The second kappa shape index (κ2) is 10.6. The molecular formula is C25H29FN4O4. The fourth-order valence-corrected chi connectivity index (χ4v) is 4.40. The van der Waals surface area contributed by atoms with Crippen LogP contribution in [-0.2, 0) is 9.53 Å². The molecule has 0 spiro atoms. The fraction of sp³-hybridized carbons (Fsp3) is 0.360. The van der Waals surface area contributed by atoms with Crippen molar-refractivity contribution in [2.45, 2.75) is 13.0 Å². The van der Waals surface area contributed by atoms with Crippen LogP contribution in [0.25, 0.3) is 0 Å². The molecule has 0 aliphatic carbocycles. The molecule has 0 aromatic heterocycles. The van der Waals surface area contributed by atoms with E-state index in [4.69, 9.17) is 9.47 Å². The second-order valence-electron chi connectivity index (χ2n) is 8.13. The number of carbonyl (C=O) groups excluding carboxylic acids is 2. The lowest BCUT2D eigenvalue weighted by Crippen LogP contribution is -2.51. The first kappa shape index (κ1) is 23.6. The summed E-state index contributed by atoms with van der Waals surface area (Å²) in [5.41, 5.74) is 2.27. The quantitative estimate of drug-likeness (QED) is 0.608. The molecule has 1 saturated heterocycles. The highest BCUT2D eigenvalue weighted by Crippen LogP contribution is 2.30. The summed E-state index contributed by atoms with van der Waals surface area (Å²) in [6.45, 7) is 5.92. The molecule has 2 aliphatic heterocycles. The number of rotatable bonds is 7. The van der Waals surface area contributed by atoms with Crippen LogP contribution in [-0.4, -0.2) is 63.3 Å². The lowest BCUT2D eigenvalue weighted by molar-refractivity contribution is -0.136. The van der Waals surface area contributed by atoms with Crippen molar-refractivity contribution in [2.24, 2.45) is 0 Å². The summed E-state index contributed by atoms with van der Waals surface area (Å²) in [6, 6.07) is 12.6. The van der Waals surface area contributed by atoms with Gasteiger partial charge in [-0.15, -0.1) is 0 Å². The van der Waals surface area contributed by atoms with Crippen LogP contribution in [0.1, 0.15) is 18.5 Å². The molecule has 2 aromatic carbocycles. The molecule has 2 N–H and O–H groups in total. The third-order valence-corrected chi connectivity index (χ3v) is 6.00. The number of esters is 1. The standard InChI is InChI=1S/C25H29FN4O4/c1-3-34-21-10-5-4-9-20(21)30-13-11-29(12-14-30)16-19-22(24(31)33-2)23(28-25(32)27-19)17-7-6-8-18(26)15-17/h4-10,15,23H,3,11-14,16H2,1-2H3,(H2,27,28,32). The van der Waals surface area contributed by atoms with Gasteiger partial charge in [-0.2, -0.15) is 0 Å². The predicted octanol–water partition coefficient (Wildman–Crippen LogP) is 2.83. The topological polar surface area (TPSA) is 83.1 Å². The Balaban J connectivity index is 1.53. The van der Waals surface area contributed by atoms with Crippen LogP contribution in [0.15, 0.2) is 59.8 Å². The minimum absolute atomic E-state index is 0.275. The zero-order chi connectivity index (χ0) is 24.1. The van der Waals surface area contributed by atoms with Crippen molar-refractivity contribution in [1.29, 1.82) is 0 Å². The number of benzene rings is 2. The van der Waals surface area contributed by atoms with Crippen LogP contribution >= 0.6 is 0 Å². The molecule has 2 amide bonds. The van der Waals surface area contributed by atoms with E-state index in [0.717, 1.165) is 37.6 Å². The van der Waals surface area contributed by atoms with Gasteiger partial charge in [-0.1, -0.05) is 24.3 Å². The van der Waals surface area contributed by atoms with Crippen molar-refractivity contribution in [1.82, 2.24) is 15.5 Å². The highest BCUT2D eigenvalue weighted by atomic mass is 19.1. The first-order valence-electron chi connectivity index (χ1n) is 11.3. The van der Waals surface area contributed by atoms with Crippen molar-refractivity contribution < 1.29 is 23.5 Å². The lowest BCUT2D eigenvalue weighted by atomic mass is 9.95. The summed E-state index contributed by atoms with van der Waals surface area (Å²) in [4.78, 5) is 29.6. The Kier molecular flexibility index (Phi) is 7.32. The molecule has 1 unspecified atom stereocenters. The van der Waals surface area contributed by atoms with Gasteiger partial charge in [0.2, 0.25) is 0 Å². The molecule has 2 aliphatic rings. The SMILES string of the molecule is CCOc1ccccc1N1CCN(CC2=C(C(=O)OC)C(c3cccc(F)c3)NC(=O)N2)CC1. The van der Waals surface area contributed by atoms with E-state index in [1.807, 2.05) is 25.1 Å². The second-order valence-corrected chi connectivity index (χ2v) is 8.13. The van der Waals surface area contributed by atoms with Crippen molar-refractivity contribution >= 4 is 17.7 Å². The fourth-order valence-electron chi connectivity index (χ4n) is 4.40. The zero-order valence-electron chi connectivity index (χ0n) is 19.3. The van der Waals surface area contributed by atoms with Crippen LogP contribution in [0.2, 0.25) is 0 Å². The third kappa shape index (κ3) is 5.14. The van der Waals surface area contributed by atoms with Gasteiger partial charge < -0.3 is 25.0 Å². The van der Waals surface area contributed by atoms with Gasteiger partial charge in [0, 0.05) is 38.4 Å². The number of carbonyl (C=O) groups is 2. The normalized spacial score (nSPS) is 18.9. The predicted molar refractivity (Wildman–Crippen MR) is 126 cm³/mol. The smallest absolute Gasteiger partial charge is 0.338 e. The van der Waals surface area contributed by atoms with Crippen LogP contribution < -0.4 is 20.3 Å². The summed E-state index contributed by atoms with van der Waals surface area (Å²) in [5.74, 6) is -0.154. The van der Waals surface area contributed by atoms with Gasteiger partial charge in [-0.05, 0) is 36.8 Å². The summed E-state index contributed by atoms with van der Waals surface area (Å²) in [6.07, 6.45) is 0. The number of urea groups is 1. The average Bonchev–Trinajstić information content (AvgIpc) is 2.84. The van der Waals surface area contributed by atoms with Crippen molar-refractivity contribution in [2.75, 3.05) is 51.3 Å². The highest BCUT2D eigenvalue weighted by molar-refractivity contribution is 5.95. The Hall–Kier alpha value is -3.59. The average molecular weight is 469 g/mol. The summed E-state index contributed by atoms with van der Waals surface area (Å²) in [5, 5.41) is 5.49. The van der Waals surface area contributed by atoms with Gasteiger partial charge in [0.25, 0.3) is 0 Å². The molecule has 1 fully saturated rings. The van der Waals surface area contributed by atoms with E-state index < -0.39 is 23.9 Å². The van der Waals surface area contributed by atoms with Crippen molar-refractivity contribution in [3.8, 4) is 5.75 Å². The number of para-hydroxylation sites is 2. The highest BCUT2D eigenvalue weighted by Gasteiger charge is 2.34. The maximum atomic E-state index is 13.9.